The molecule has 9 nitrogen and oxygen atoms in total. The number of fused-ring (bicyclic) bond motifs is 1. The number of methoxy groups -OCH3 is 3. The van der Waals surface area contributed by atoms with Crippen LogP contribution in [-0.2, 0) is 4.79 Å². The zero-order valence-corrected chi connectivity index (χ0v) is 19.1. The maximum atomic E-state index is 12.5. The lowest BCUT2D eigenvalue weighted by molar-refractivity contribution is -0.121. The molecule has 0 unspecified atom stereocenters. The Kier molecular flexibility index (Phi) is 7.87. The number of benzene rings is 3. The SMILES string of the molecule is COc1cc(C(=O)NNC(=S)NC(=O)COc2cccc3ccccc23)cc(OC)c1OC. The lowest BCUT2D eigenvalue weighted by Crippen LogP contribution is -2.49. The Morgan fingerprint density at radius 2 is 1.52 bits per heavy atom. The Morgan fingerprint density at radius 3 is 2.18 bits per heavy atom. The number of nitrogens with one attached hydrogen (secondary N) is 3. The summed E-state index contributed by atoms with van der Waals surface area (Å²) in [5.41, 5.74) is 5.11. The first-order chi connectivity index (χ1) is 16.0. The molecule has 2 amide bonds. The minimum Gasteiger partial charge on any atom is -0.493 e. The third kappa shape index (κ3) is 5.80. The summed E-state index contributed by atoms with van der Waals surface area (Å²) in [5, 5.41) is 4.24. The van der Waals surface area contributed by atoms with Crippen molar-refractivity contribution in [2.24, 2.45) is 0 Å². The van der Waals surface area contributed by atoms with Gasteiger partial charge in [-0.2, -0.15) is 0 Å². The zero-order valence-electron chi connectivity index (χ0n) is 18.3. The molecule has 0 aliphatic rings. The highest BCUT2D eigenvalue weighted by Crippen LogP contribution is 2.38. The predicted molar refractivity (Wildman–Crippen MR) is 127 cm³/mol. The Bertz CT molecular complexity index is 1150. The third-order valence-corrected chi connectivity index (χ3v) is 4.78. The molecule has 0 aliphatic carbocycles. The van der Waals surface area contributed by atoms with Gasteiger partial charge in [0, 0.05) is 10.9 Å². The van der Waals surface area contributed by atoms with Crippen LogP contribution in [0.4, 0.5) is 0 Å². The van der Waals surface area contributed by atoms with E-state index in [1.54, 1.807) is 6.07 Å². The van der Waals surface area contributed by atoms with Crippen molar-refractivity contribution in [3.05, 3.63) is 60.2 Å². The number of ether oxygens (including phenoxy) is 4. The fourth-order valence-corrected chi connectivity index (χ4v) is 3.22. The van der Waals surface area contributed by atoms with Gasteiger partial charge in [0.25, 0.3) is 11.8 Å². The largest absolute Gasteiger partial charge is 0.493 e. The number of carbonyl (C=O) groups is 2. The molecule has 33 heavy (non-hydrogen) atoms. The molecule has 3 aromatic rings. The highest BCUT2D eigenvalue weighted by atomic mass is 32.1. The first-order valence-corrected chi connectivity index (χ1v) is 10.2. The molecule has 0 bridgehead atoms. The summed E-state index contributed by atoms with van der Waals surface area (Å²) in [6, 6.07) is 16.2. The van der Waals surface area contributed by atoms with Gasteiger partial charge in [0.2, 0.25) is 5.75 Å². The van der Waals surface area contributed by atoms with Gasteiger partial charge >= 0.3 is 0 Å². The fraction of sp³-hybridized carbons (Fsp3) is 0.174. The van der Waals surface area contributed by atoms with Crippen molar-refractivity contribution in [2.45, 2.75) is 0 Å². The first kappa shape index (κ1) is 23.6. The zero-order chi connectivity index (χ0) is 23.8. The van der Waals surface area contributed by atoms with Gasteiger partial charge in [0.05, 0.1) is 21.3 Å². The second-order valence-electron chi connectivity index (χ2n) is 6.64. The smallest absolute Gasteiger partial charge is 0.269 e. The van der Waals surface area contributed by atoms with Gasteiger partial charge in [0.1, 0.15) is 5.75 Å². The summed E-state index contributed by atoms with van der Waals surface area (Å²) in [4.78, 5) is 24.7. The number of carbonyl (C=O) groups excluding carboxylic acids is 2. The van der Waals surface area contributed by atoms with Crippen LogP contribution in [0.3, 0.4) is 0 Å². The summed E-state index contributed by atoms with van der Waals surface area (Å²) in [5.74, 6) is 0.573. The van der Waals surface area contributed by atoms with E-state index in [9.17, 15) is 9.59 Å². The van der Waals surface area contributed by atoms with Gasteiger partial charge in [-0.1, -0.05) is 36.4 Å². The van der Waals surface area contributed by atoms with Crippen molar-refractivity contribution in [3.63, 3.8) is 0 Å². The summed E-state index contributed by atoms with van der Waals surface area (Å²) in [7, 11) is 4.36. The molecule has 0 heterocycles. The highest BCUT2D eigenvalue weighted by Gasteiger charge is 2.17. The van der Waals surface area contributed by atoms with Gasteiger partial charge in [-0.15, -0.1) is 0 Å². The van der Waals surface area contributed by atoms with E-state index in [2.05, 4.69) is 16.2 Å². The summed E-state index contributed by atoms with van der Waals surface area (Å²) in [6.07, 6.45) is 0. The summed E-state index contributed by atoms with van der Waals surface area (Å²) < 4.78 is 21.3. The van der Waals surface area contributed by atoms with Crippen molar-refractivity contribution >= 4 is 39.9 Å². The van der Waals surface area contributed by atoms with E-state index in [1.807, 2.05) is 36.4 Å². The van der Waals surface area contributed by atoms with Crippen LogP contribution in [0.1, 0.15) is 10.4 Å². The fourth-order valence-electron chi connectivity index (χ4n) is 3.06. The molecule has 0 spiro atoms. The topological polar surface area (TPSA) is 107 Å². The van der Waals surface area contributed by atoms with E-state index in [4.69, 9.17) is 31.2 Å². The normalized spacial score (nSPS) is 10.2. The Labute approximate surface area is 195 Å². The van der Waals surface area contributed by atoms with E-state index in [-0.39, 0.29) is 17.3 Å². The molecule has 0 atom stereocenters. The monoisotopic (exact) mass is 469 g/mol. The Hall–Kier alpha value is -4.05. The van der Waals surface area contributed by atoms with Crippen LogP contribution in [0.2, 0.25) is 0 Å². The maximum absolute atomic E-state index is 12.5. The van der Waals surface area contributed by atoms with Crippen molar-refractivity contribution in [1.82, 2.24) is 16.2 Å². The Balaban J connectivity index is 1.53. The molecule has 0 aromatic heterocycles. The maximum Gasteiger partial charge on any atom is 0.269 e. The van der Waals surface area contributed by atoms with Gasteiger partial charge < -0.3 is 18.9 Å². The van der Waals surface area contributed by atoms with Crippen LogP contribution in [-0.4, -0.2) is 44.9 Å². The predicted octanol–water partition coefficient (Wildman–Crippen LogP) is 2.58. The Morgan fingerprint density at radius 1 is 0.848 bits per heavy atom. The first-order valence-electron chi connectivity index (χ1n) is 9.77. The average molecular weight is 470 g/mol. The van der Waals surface area contributed by atoms with Crippen LogP contribution < -0.4 is 35.1 Å². The minimum atomic E-state index is -0.530. The number of amides is 2. The minimum absolute atomic E-state index is 0.0951. The average Bonchev–Trinajstić information content (AvgIpc) is 2.84. The molecule has 0 saturated heterocycles. The molecule has 3 rings (SSSR count). The van der Waals surface area contributed by atoms with E-state index < -0.39 is 11.8 Å². The highest BCUT2D eigenvalue weighted by molar-refractivity contribution is 7.80. The summed E-state index contributed by atoms with van der Waals surface area (Å²) >= 11 is 5.06. The van der Waals surface area contributed by atoms with E-state index in [0.717, 1.165) is 10.8 Å². The van der Waals surface area contributed by atoms with Crippen molar-refractivity contribution in [2.75, 3.05) is 27.9 Å². The number of hydrogen-bond acceptors (Lipinski definition) is 7. The molecular weight excluding hydrogens is 446 g/mol. The van der Waals surface area contributed by atoms with Gasteiger partial charge in [-0.05, 0) is 35.8 Å². The molecule has 0 aliphatic heterocycles. The molecule has 3 N–H and O–H groups in total. The second kappa shape index (κ2) is 11.0. The summed E-state index contributed by atoms with van der Waals surface area (Å²) in [6.45, 7) is -0.253. The van der Waals surface area contributed by atoms with Crippen LogP contribution in [0.15, 0.2) is 54.6 Å². The number of rotatable bonds is 7. The van der Waals surface area contributed by atoms with E-state index in [0.29, 0.717) is 23.0 Å². The van der Waals surface area contributed by atoms with Crippen molar-refractivity contribution < 1.29 is 28.5 Å². The molecule has 172 valence electrons. The lowest BCUT2D eigenvalue weighted by Gasteiger charge is -2.15. The standard InChI is InChI=1S/C23H23N3O6S/c1-29-18-11-15(12-19(30-2)21(18)31-3)22(28)25-26-23(33)24-20(27)13-32-17-10-6-8-14-7-4-5-9-16(14)17/h4-12H,13H2,1-3H3,(H,25,28)(H2,24,26,27,33). The molecule has 0 fully saturated rings. The van der Waals surface area contributed by atoms with Crippen LogP contribution in [0.25, 0.3) is 10.8 Å². The van der Waals surface area contributed by atoms with Gasteiger partial charge in [-0.3, -0.25) is 25.8 Å². The van der Waals surface area contributed by atoms with Crippen LogP contribution >= 0.6 is 12.2 Å². The lowest BCUT2D eigenvalue weighted by atomic mass is 10.1. The molecule has 0 radical (unpaired) electrons. The quantitative estimate of drug-likeness (QED) is 0.358. The molecular formula is C23H23N3O6S. The number of hydrogen-bond donors (Lipinski definition) is 3. The van der Waals surface area contributed by atoms with Crippen molar-refractivity contribution in [1.29, 1.82) is 0 Å². The third-order valence-electron chi connectivity index (χ3n) is 4.58. The van der Waals surface area contributed by atoms with Crippen LogP contribution in [0.5, 0.6) is 23.0 Å². The van der Waals surface area contributed by atoms with E-state index >= 15 is 0 Å². The van der Waals surface area contributed by atoms with Gasteiger partial charge in [0.15, 0.2) is 23.2 Å². The van der Waals surface area contributed by atoms with Gasteiger partial charge in [-0.25, -0.2) is 0 Å². The number of hydrazine groups is 1. The molecule has 10 heteroatoms. The second-order valence-corrected chi connectivity index (χ2v) is 7.04. The number of thiocarbonyl (C=S) groups is 1. The molecule has 0 saturated carbocycles. The molecule has 3 aromatic carbocycles. The van der Waals surface area contributed by atoms with E-state index in [1.165, 1.54) is 33.5 Å². The van der Waals surface area contributed by atoms with Crippen molar-refractivity contribution in [3.8, 4) is 23.0 Å². The van der Waals surface area contributed by atoms with Crippen LogP contribution in [0, 0.1) is 0 Å².